The number of hydrogen-bond donors (Lipinski definition) is 4. The Morgan fingerprint density at radius 3 is 2.24 bits per heavy atom. The highest BCUT2D eigenvalue weighted by molar-refractivity contribution is 6.25. The van der Waals surface area contributed by atoms with E-state index in [-0.39, 0.29) is 35.5 Å². The molecular weight excluding hydrogens is 524 g/mol. The average molecular weight is 567 g/mol. The van der Waals surface area contributed by atoms with Gasteiger partial charge in [0.15, 0.2) is 17.2 Å². The predicted octanol–water partition coefficient (Wildman–Crippen LogP) is 5.67. The van der Waals surface area contributed by atoms with E-state index < -0.39 is 74.5 Å². The maximum Gasteiger partial charge on any atom is 0.209 e. The van der Waals surface area contributed by atoms with Crippen LogP contribution in [0.1, 0.15) is 102 Å². The first kappa shape index (κ1) is 30.7. The van der Waals surface area contributed by atoms with Crippen LogP contribution in [0.25, 0.3) is 0 Å². The molecule has 1 unspecified atom stereocenters. The molecule has 4 N–H and O–H groups in total. The van der Waals surface area contributed by atoms with E-state index in [2.05, 4.69) is 0 Å². The van der Waals surface area contributed by atoms with Crippen molar-refractivity contribution in [2.24, 2.45) is 28.6 Å². The highest BCUT2D eigenvalue weighted by Gasteiger charge is 2.75. The van der Waals surface area contributed by atoms with Gasteiger partial charge in [0, 0.05) is 35.2 Å². The molecule has 0 bridgehead atoms. The summed E-state index contributed by atoms with van der Waals surface area (Å²) in [6.07, 6.45) is 2.56. The van der Waals surface area contributed by atoms with Gasteiger partial charge in [0.2, 0.25) is 5.78 Å². The molecule has 1 aromatic carbocycles. The lowest BCUT2D eigenvalue weighted by molar-refractivity contribution is -0.193. The number of carbonyl (C=O) groups excluding carboxylic acids is 4. The van der Waals surface area contributed by atoms with Crippen molar-refractivity contribution in [2.45, 2.75) is 92.1 Å². The summed E-state index contributed by atoms with van der Waals surface area (Å²) in [5.74, 6) is -7.39. The van der Waals surface area contributed by atoms with E-state index in [0.29, 0.717) is 12.0 Å². The number of phenolic OH excluding ortho intramolecular Hbond substituents is 1. The predicted molar refractivity (Wildman–Crippen MR) is 153 cm³/mol. The van der Waals surface area contributed by atoms with Gasteiger partial charge in [-0.2, -0.15) is 0 Å². The third-order valence-corrected chi connectivity index (χ3v) is 10.5. The van der Waals surface area contributed by atoms with Crippen LogP contribution in [0, 0.1) is 28.6 Å². The molecule has 6 atom stereocenters. The summed E-state index contributed by atoms with van der Waals surface area (Å²) in [6.45, 7) is 11.9. The van der Waals surface area contributed by atoms with Crippen LogP contribution in [0.3, 0.4) is 0 Å². The second-order valence-corrected chi connectivity index (χ2v) is 12.9. The number of phenols is 1. The molecule has 0 radical (unpaired) electrons. The Balaban J connectivity index is 2.14. The van der Waals surface area contributed by atoms with Gasteiger partial charge in [-0.05, 0) is 42.7 Å². The summed E-state index contributed by atoms with van der Waals surface area (Å²) in [5, 5.41) is 46.7. The molecule has 8 nitrogen and oxygen atoms in total. The maximum atomic E-state index is 14.2. The normalized spacial score (nSPS) is 33.0. The van der Waals surface area contributed by atoms with E-state index in [1.54, 1.807) is 39.8 Å². The van der Waals surface area contributed by atoms with Gasteiger partial charge in [0.1, 0.15) is 28.6 Å². The number of aliphatic hydroxyl groups is 3. The van der Waals surface area contributed by atoms with E-state index in [1.165, 1.54) is 6.07 Å². The highest BCUT2D eigenvalue weighted by Crippen LogP contribution is 2.71. The fourth-order valence-electron chi connectivity index (χ4n) is 8.43. The fourth-order valence-corrected chi connectivity index (χ4v) is 8.43. The first-order chi connectivity index (χ1) is 19.0. The van der Waals surface area contributed by atoms with Crippen LogP contribution < -0.4 is 0 Å². The number of ketones is 4. The summed E-state index contributed by atoms with van der Waals surface area (Å²) in [6, 6.07) is 4.70. The van der Waals surface area contributed by atoms with Crippen molar-refractivity contribution < 1.29 is 39.6 Å². The molecule has 8 heteroatoms. The van der Waals surface area contributed by atoms with E-state index in [1.807, 2.05) is 13.8 Å². The van der Waals surface area contributed by atoms with Crippen molar-refractivity contribution in [3.8, 4) is 5.75 Å². The zero-order valence-electron chi connectivity index (χ0n) is 25.0. The van der Waals surface area contributed by atoms with Gasteiger partial charge in [-0.15, -0.1) is 0 Å². The van der Waals surface area contributed by atoms with Crippen molar-refractivity contribution >= 4 is 23.1 Å². The molecule has 0 saturated carbocycles. The van der Waals surface area contributed by atoms with E-state index in [0.717, 1.165) is 19.8 Å². The minimum absolute atomic E-state index is 0.0342. The number of Topliss-reactive ketones (excluding diaryl/α,β-unsaturated/α-hetero) is 4. The largest absolute Gasteiger partial charge is 0.511 e. The second-order valence-electron chi connectivity index (χ2n) is 12.9. The zero-order valence-corrected chi connectivity index (χ0v) is 25.0. The van der Waals surface area contributed by atoms with Gasteiger partial charge in [-0.3, -0.25) is 19.2 Å². The van der Waals surface area contributed by atoms with E-state index in [4.69, 9.17) is 0 Å². The molecule has 0 fully saturated rings. The summed E-state index contributed by atoms with van der Waals surface area (Å²) in [7, 11) is 0. The summed E-state index contributed by atoms with van der Waals surface area (Å²) in [5.41, 5.74) is -6.13. The summed E-state index contributed by atoms with van der Waals surface area (Å²) >= 11 is 0. The van der Waals surface area contributed by atoms with Gasteiger partial charge in [0.25, 0.3) is 0 Å². The monoisotopic (exact) mass is 566 g/mol. The lowest BCUT2D eigenvalue weighted by Crippen LogP contribution is -2.71. The highest BCUT2D eigenvalue weighted by atomic mass is 16.3. The molecule has 0 amide bonds. The van der Waals surface area contributed by atoms with Crippen LogP contribution in [0.2, 0.25) is 0 Å². The molecule has 1 aromatic rings. The van der Waals surface area contributed by atoms with Crippen molar-refractivity contribution in [3.05, 3.63) is 52.0 Å². The van der Waals surface area contributed by atoms with Crippen molar-refractivity contribution in [2.75, 3.05) is 0 Å². The van der Waals surface area contributed by atoms with Gasteiger partial charge in [-0.1, -0.05) is 66.5 Å². The molecule has 0 heterocycles. The van der Waals surface area contributed by atoms with E-state index in [9.17, 15) is 39.6 Å². The molecule has 0 spiro atoms. The molecular formula is C33H42O8. The molecule has 3 aliphatic rings. The van der Waals surface area contributed by atoms with Gasteiger partial charge in [-0.25, -0.2) is 0 Å². The van der Waals surface area contributed by atoms with E-state index >= 15 is 0 Å². The quantitative estimate of drug-likeness (QED) is 0.232. The van der Waals surface area contributed by atoms with Crippen molar-refractivity contribution in [1.82, 2.24) is 0 Å². The molecule has 4 rings (SSSR count). The van der Waals surface area contributed by atoms with Crippen LogP contribution in [0.5, 0.6) is 5.75 Å². The number of rotatable bonds is 8. The number of hydrogen-bond acceptors (Lipinski definition) is 8. The Morgan fingerprint density at radius 2 is 1.68 bits per heavy atom. The summed E-state index contributed by atoms with van der Waals surface area (Å²) < 4.78 is 0. The van der Waals surface area contributed by atoms with Crippen LogP contribution in [-0.2, 0) is 14.4 Å². The van der Waals surface area contributed by atoms with Crippen molar-refractivity contribution in [1.29, 1.82) is 0 Å². The number of aliphatic hydroxyl groups excluding tert-OH is 2. The smallest absolute Gasteiger partial charge is 0.209 e. The Hall–Kier alpha value is -3.26. The minimum Gasteiger partial charge on any atom is -0.511 e. The average Bonchev–Trinajstić information content (AvgIpc) is 2.88. The number of aromatic hydroxyl groups is 1. The standard InChI is InChI=1S/C33H42O8/c1-8-9-10-12-19(35)15-22-31(6)17(4)20-13-11-14-21(36)24(20)28(38)26(31)30(40)33(41)29(39)23(18(5)34)27(37)25(16(2)3)32(22,33)7/h11,13-14,16-17,22,25,36-37,40-41H,8-10,12,15H2,1-7H3/t17-,22-,25?,31-,32-,33+/m1/s1. The minimum atomic E-state index is -2.78. The fraction of sp³-hybridized carbons (Fsp3) is 0.576. The van der Waals surface area contributed by atoms with Crippen molar-refractivity contribution in [3.63, 3.8) is 0 Å². The zero-order chi connectivity index (χ0) is 30.8. The number of carbonyl (C=O) groups is 4. The van der Waals surface area contributed by atoms with Gasteiger partial charge in [0.05, 0.1) is 5.56 Å². The lowest BCUT2D eigenvalue weighted by Gasteiger charge is -2.65. The Kier molecular flexibility index (Phi) is 7.66. The lowest BCUT2D eigenvalue weighted by atomic mass is 9.38. The van der Waals surface area contributed by atoms with Crippen LogP contribution in [0.4, 0.5) is 0 Å². The third kappa shape index (κ3) is 3.89. The molecule has 0 saturated heterocycles. The van der Waals surface area contributed by atoms with Gasteiger partial charge >= 0.3 is 0 Å². The Bertz CT molecular complexity index is 1400. The summed E-state index contributed by atoms with van der Waals surface area (Å²) in [4.78, 5) is 54.6. The molecule has 222 valence electrons. The molecule has 0 aromatic heterocycles. The number of benzene rings is 1. The number of allylic oxidation sites excluding steroid dienone is 2. The third-order valence-electron chi connectivity index (χ3n) is 10.5. The first-order valence-electron chi connectivity index (χ1n) is 14.6. The first-order valence-corrected chi connectivity index (χ1v) is 14.6. The molecule has 3 aliphatic carbocycles. The molecule has 0 aliphatic heterocycles. The SMILES string of the molecule is CCCCCC(=O)C[C@@H]1[C@]2(C)C(=C(O)[C@@]3(O)C(=O)C(C(C)=O)=C(O)C(C(C)C)[C@@]13C)C(=O)c1c(O)cccc1[C@H]2C. The number of unbranched alkanes of at least 4 members (excludes halogenated alkanes) is 2. The number of fused-ring (bicyclic) bond motifs is 3. The van der Waals surface area contributed by atoms with Crippen LogP contribution in [0.15, 0.2) is 40.9 Å². The van der Waals surface area contributed by atoms with Gasteiger partial charge < -0.3 is 20.4 Å². The molecule has 41 heavy (non-hydrogen) atoms. The Morgan fingerprint density at radius 1 is 1.05 bits per heavy atom. The van der Waals surface area contributed by atoms with Crippen LogP contribution in [-0.4, -0.2) is 49.2 Å². The second kappa shape index (κ2) is 10.2. The van der Waals surface area contributed by atoms with Crippen LogP contribution >= 0.6 is 0 Å². The maximum absolute atomic E-state index is 14.2. The topological polar surface area (TPSA) is 149 Å². The Labute approximate surface area is 241 Å².